The van der Waals surface area contributed by atoms with Crippen LogP contribution < -0.4 is 5.32 Å². The van der Waals surface area contributed by atoms with Gasteiger partial charge in [0.25, 0.3) is 0 Å². The molecule has 1 atom stereocenters. The first-order valence-corrected chi connectivity index (χ1v) is 9.45. The van der Waals surface area contributed by atoms with Crippen molar-refractivity contribution in [1.82, 2.24) is 15.1 Å². The quantitative estimate of drug-likeness (QED) is 0.845. The number of carbonyl (C=O) groups excluding carboxylic acids is 2. The molecule has 1 aliphatic heterocycles. The smallest absolute Gasteiger partial charge is 0.238 e. The van der Waals surface area contributed by atoms with Crippen molar-refractivity contribution in [1.29, 1.82) is 5.26 Å². The van der Waals surface area contributed by atoms with Crippen LogP contribution in [0, 0.1) is 16.7 Å². The molecule has 2 fully saturated rings. The molecule has 6 nitrogen and oxygen atoms in total. The molecule has 0 aromatic heterocycles. The Kier molecular flexibility index (Phi) is 6.10. The summed E-state index contributed by atoms with van der Waals surface area (Å²) in [5, 5.41) is 12.5. The molecule has 2 amide bonds. The zero-order chi connectivity index (χ0) is 18.7. The lowest BCUT2D eigenvalue weighted by atomic mass is 9.82. The molecule has 1 saturated carbocycles. The van der Waals surface area contributed by atoms with Gasteiger partial charge in [-0.1, -0.05) is 40.0 Å². The van der Waals surface area contributed by atoms with Gasteiger partial charge in [0.05, 0.1) is 12.1 Å². The van der Waals surface area contributed by atoms with Gasteiger partial charge in [-0.25, -0.2) is 0 Å². The number of nitriles is 1. The Morgan fingerprint density at radius 1 is 1.08 bits per heavy atom. The molecule has 0 radical (unpaired) electrons. The zero-order valence-corrected chi connectivity index (χ0v) is 16.1. The molecule has 1 heterocycles. The van der Waals surface area contributed by atoms with E-state index in [2.05, 4.69) is 16.3 Å². The van der Waals surface area contributed by atoms with E-state index in [1.54, 1.807) is 0 Å². The van der Waals surface area contributed by atoms with E-state index >= 15 is 0 Å². The van der Waals surface area contributed by atoms with Gasteiger partial charge >= 0.3 is 0 Å². The van der Waals surface area contributed by atoms with E-state index in [1.807, 2.05) is 32.6 Å². The molecule has 25 heavy (non-hydrogen) atoms. The third-order valence-corrected chi connectivity index (χ3v) is 5.45. The second-order valence-corrected chi connectivity index (χ2v) is 8.50. The van der Waals surface area contributed by atoms with Crippen LogP contribution in [0.15, 0.2) is 0 Å². The van der Waals surface area contributed by atoms with Gasteiger partial charge in [-0.05, 0) is 19.8 Å². The first-order chi connectivity index (χ1) is 11.7. The Bertz CT molecular complexity index is 533. The van der Waals surface area contributed by atoms with E-state index in [1.165, 1.54) is 0 Å². The van der Waals surface area contributed by atoms with Crippen molar-refractivity contribution in [3.8, 4) is 6.07 Å². The molecule has 140 valence electrons. The lowest BCUT2D eigenvalue weighted by Crippen LogP contribution is -2.59. The predicted molar refractivity (Wildman–Crippen MR) is 96.6 cm³/mol. The number of carbonyl (C=O) groups is 2. The summed E-state index contributed by atoms with van der Waals surface area (Å²) in [4.78, 5) is 29.0. The fourth-order valence-corrected chi connectivity index (χ4v) is 3.71. The first kappa shape index (κ1) is 19.7. The van der Waals surface area contributed by atoms with Crippen molar-refractivity contribution >= 4 is 11.8 Å². The molecule has 2 aliphatic rings. The van der Waals surface area contributed by atoms with Gasteiger partial charge in [-0.15, -0.1) is 0 Å². The summed E-state index contributed by atoms with van der Waals surface area (Å²) in [6.07, 6.45) is 4.62. The van der Waals surface area contributed by atoms with Crippen LogP contribution in [0.3, 0.4) is 0 Å². The summed E-state index contributed by atoms with van der Waals surface area (Å²) in [6, 6.07) is 2.06. The number of nitrogens with zero attached hydrogens (tertiary/aromatic N) is 3. The highest BCUT2D eigenvalue weighted by Gasteiger charge is 2.37. The number of hydrogen-bond acceptors (Lipinski definition) is 4. The van der Waals surface area contributed by atoms with Gasteiger partial charge < -0.3 is 10.2 Å². The van der Waals surface area contributed by atoms with Crippen molar-refractivity contribution in [2.24, 2.45) is 5.41 Å². The van der Waals surface area contributed by atoms with Gasteiger partial charge in [-0.3, -0.25) is 14.5 Å². The second-order valence-electron chi connectivity index (χ2n) is 8.50. The largest absolute Gasteiger partial charge is 0.340 e. The molecule has 1 aliphatic carbocycles. The van der Waals surface area contributed by atoms with E-state index in [4.69, 9.17) is 0 Å². The van der Waals surface area contributed by atoms with Crippen LogP contribution in [-0.4, -0.2) is 59.4 Å². The maximum Gasteiger partial charge on any atom is 0.238 e. The van der Waals surface area contributed by atoms with Crippen LogP contribution in [-0.2, 0) is 9.59 Å². The Morgan fingerprint density at radius 2 is 1.64 bits per heavy atom. The Labute approximate surface area is 151 Å². The minimum absolute atomic E-state index is 0.0703. The highest BCUT2D eigenvalue weighted by Crippen LogP contribution is 2.28. The Morgan fingerprint density at radius 3 is 2.12 bits per heavy atom. The van der Waals surface area contributed by atoms with Gasteiger partial charge in [0.1, 0.15) is 5.54 Å². The fraction of sp³-hybridized carbons (Fsp3) is 0.842. The second kappa shape index (κ2) is 7.74. The van der Waals surface area contributed by atoms with Crippen molar-refractivity contribution < 1.29 is 9.59 Å². The SMILES string of the molecule is CC(C(=O)NC1(C#N)CCCCC1)N1CCN(C(=O)C(C)(C)C)CC1. The van der Waals surface area contributed by atoms with E-state index in [0.29, 0.717) is 26.2 Å². The molecule has 0 aromatic carbocycles. The van der Waals surface area contributed by atoms with E-state index in [9.17, 15) is 14.9 Å². The van der Waals surface area contributed by atoms with Crippen LogP contribution >= 0.6 is 0 Å². The maximum absolute atomic E-state index is 12.7. The van der Waals surface area contributed by atoms with Crippen LogP contribution in [0.25, 0.3) is 0 Å². The van der Waals surface area contributed by atoms with Gasteiger partial charge in [0, 0.05) is 31.6 Å². The summed E-state index contributed by atoms with van der Waals surface area (Å²) in [6.45, 7) is 10.4. The minimum Gasteiger partial charge on any atom is -0.340 e. The topological polar surface area (TPSA) is 76.4 Å². The van der Waals surface area contributed by atoms with Crippen molar-refractivity contribution in [2.45, 2.75) is 71.4 Å². The molecule has 0 aromatic rings. The third kappa shape index (κ3) is 4.72. The summed E-state index contributed by atoms with van der Waals surface area (Å²) >= 11 is 0. The van der Waals surface area contributed by atoms with E-state index < -0.39 is 5.54 Å². The molecule has 1 saturated heterocycles. The standard InChI is InChI=1S/C19H32N4O2/c1-15(16(24)21-19(14-20)8-6-5-7-9-19)22-10-12-23(13-11-22)17(25)18(2,3)4/h15H,5-13H2,1-4H3,(H,21,24). The number of hydrogen-bond donors (Lipinski definition) is 1. The monoisotopic (exact) mass is 348 g/mol. The molecule has 1 unspecified atom stereocenters. The van der Waals surface area contributed by atoms with E-state index in [0.717, 1.165) is 32.1 Å². The van der Waals surface area contributed by atoms with Crippen LogP contribution in [0.5, 0.6) is 0 Å². The molecule has 2 rings (SSSR count). The Hall–Kier alpha value is -1.61. The summed E-state index contributed by atoms with van der Waals surface area (Å²) in [5.41, 5.74) is -1.06. The normalized spacial score (nSPS) is 22.8. The average Bonchev–Trinajstić information content (AvgIpc) is 2.60. The lowest BCUT2D eigenvalue weighted by Gasteiger charge is -2.40. The van der Waals surface area contributed by atoms with Crippen LogP contribution in [0.4, 0.5) is 0 Å². The van der Waals surface area contributed by atoms with Crippen LogP contribution in [0.2, 0.25) is 0 Å². The lowest BCUT2D eigenvalue weighted by molar-refractivity contribution is -0.142. The highest BCUT2D eigenvalue weighted by molar-refractivity contribution is 5.83. The number of nitrogens with one attached hydrogen (secondary N) is 1. The first-order valence-electron chi connectivity index (χ1n) is 9.45. The molecular formula is C19H32N4O2. The van der Waals surface area contributed by atoms with Crippen LogP contribution in [0.1, 0.15) is 59.8 Å². The number of piperazine rings is 1. The third-order valence-electron chi connectivity index (χ3n) is 5.45. The maximum atomic E-state index is 12.7. The van der Waals surface area contributed by atoms with Gasteiger partial charge in [0.2, 0.25) is 11.8 Å². The molecule has 0 spiro atoms. The molecular weight excluding hydrogens is 316 g/mol. The van der Waals surface area contributed by atoms with Gasteiger partial charge in [-0.2, -0.15) is 5.26 Å². The van der Waals surface area contributed by atoms with E-state index in [-0.39, 0.29) is 23.3 Å². The summed E-state index contributed by atoms with van der Waals surface area (Å²) in [7, 11) is 0. The molecule has 6 heteroatoms. The zero-order valence-electron chi connectivity index (χ0n) is 16.1. The number of amides is 2. The predicted octanol–water partition coefficient (Wildman–Crippen LogP) is 1.91. The highest BCUT2D eigenvalue weighted by atomic mass is 16.2. The summed E-state index contributed by atoms with van der Waals surface area (Å²) in [5.74, 6) is 0.0916. The molecule has 1 N–H and O–H groups in total. The fourth-order valence-electron chi connectivity index (χ4n) is 3.71. The summed E-state index contributed by atoms with van der Waals surface area (Å²) < 4.78 is 0. The van der Waals surface area contributed by atoms with Crippen molar-refractivity contribution in [3.63, 3.8) is 0 Å². The minimum atomic E-state index is -0.687. The van der Waals surface area contributed by atoms with Crippen molar-refractivity contribution in [3.05, 3.63) is 0 Å². The number of rotatable bonds is 3. The molecule has 0 bridgehead atoms. The average molecular weight is 348 g/mol. The Balaban J connectivity index is 1.89. The van der Waals surface area contributed by atoms with Crippen molar-refractivity contribution in [2.75, 3.05) is 26.2 Å². The van der Waals surface area contributed by atoms with Gasteiger partial charge in [0.15, 0.2) is 0 Å².